The molecular weight excluding hydrogens is 354 g/mol. The SMILES string of the molecule is Cc1c(C(=O)N2CCCC2c2nc(C(C)C)no2)sc2nc[nH]c(=O)c12. The molecule has 1 atom stereocenters. The second-order valence-electron chi connectivity index (χ2n) is 6.77. The lowest BCUT2D eigenvalue weighted by Gasteiger charge is -2.21. The summed E-state index contributed by atoms with van der Waals surface area (Å²) in [6.07, 6.45) is 3.02. The van der Waals surface area contributed by atoms with Crippen molar-refractivity contribution in [1.29, 1.82) is 0 Å². The third-order valence-electron chi connectivity index (χ3n) is 4.70. The first-order valence-corrected chi connectivity index (χ1v) is 9.40. The van der Waals surface area contributed by atoms with Crippen LogP contribution in [0.2, 0.25) is 0 Å². The molecule has 0 bridgehead atoms. The van der Waals surface area contributed by atoms with Crippen LogP contribution in [0.5, 0.6) is 0 Å². The molecule has 1 aliphatic rings. The average molecular weight is 373 g/mol. The van der Waals surface area contributed by atoms with Crippen molar-refractivity contribution in [2.45, 2.75) is 45.6 Å². The molecule has 0 aromatic carbocycles. The van der Waals surface area contributed by atoms with Gasteiger partial charge < -0.3 is 14.4 Å². The molecule has 1 N–H and O–H groups in total. The van der Waals surface area contributed by atoms with Crippen molar-refractivity contribution in [2.24, 2.45) is 0 Å². The zero-order chi connectivity index (χ0) is 18.4. The van der Waals surface area contributed by atoms with Crippen molar-refractivity contribution in [3.63, 3.8) is 0 Å². The van der Waals surface area contributed by atoms with Crippen LogP contribution in [0.1, 0.15) is 65.6 Å². The largest absolute Gasteiger partial charge is 0.337 e. The van der Waals surface area contributed by atoms with Gasteiger partial charge in [0, 0.05) is 12.5 Å². The van der Waals surface area contributed by atoms with Crippen molar-refractivity contribution < 1.29 is 9.32 Å². The van der Waals surface area contributed by atoms with Crippen molar-refractivity contribution in [3.05, 3.63) is 38.8 Å². The van der Waals surface area contributed by atoms with Crippen molar-refractivity contribution >= 4 is 27.5 Å². The lowest BCUT2D eigenvalue weighted by Crippen LogP contribution is -2.30. The standard InChI is InChI=1S/C17H19N5O3S/c1-8(2)13-20-15(25-21-13)10-5-4-6-22(10)17(24)12-9(3)11-14(23)18-7-19-16(11)26-12/h7-8,10H,4-6H2,1-3H3,(H,18,19,23). The second-order valence-corrected chi connectivity index (χ2v) is 7.77. The van der Waals surface area contributed by atoms with Crippen LogP contribution in [0.3, 0.4) is 0 Å². The Morgan fingerprint density at radius 3 is 2.96 bits per heavy atom. The van der Waals surface area contributed by atoms with Gasteiger partial charge >= 0.3 is 0 Å². The lowest BCUT2D eigenvalue weighted by molar-refractivity contribution is 0.0714. The number of fused-ring (bicyclic) bond motifs is 1. The Kier molecular flexibility index (Phi) is 4.10. The van der Waals surface area contributed by atoms with E-state index in [1.54, 1.807) is 11.8 Å². The first-order chi connectivity index (χ1) is 12.5. The number of carbonyl (C=O) groups is 1. The Morgan fingerprint density at radius 2 is 2.27 bits per heavy atom. The van der Waals surface area contributed by atoms with E-state index in [2.05, 4.69) is 20.1 Å². The highest BCUT2D eigenvalue weighted by Crippen LogP contribution is 2.35. The highest BCUT2D eigenvalue weighted by molar-refractivity contribution is 7.20. The molecule has 9 heteroatoms. The van der Waals surface area contributed by atoms with Gasteiger partial charge in [-0.1, -0.05) is 19.0 Å². The number of thiophene rings is 1. The maximum atomic E-state index is 13.2. The molecule has 26 heavy (non-hydrogen) atoms. The van der Waals surface area contributed by atoms with Crippen molar-refractivity contribution in [2.75, 3.05) is 6.54 Å². The van der Waals surface area contributed by atoms with Gasteiger partial charge in [-0.2, -0.15) is 4.98 Å². The van der Waals surface area contributed by atoms with Gasteiger partial charge in [-0.3, -0.25) is 9.59 Å². The van der Waals surface area contributed by atoms with E-state index in [-0.39, 0.29) is 23.4 Å². The monoisotopic (exact) mass is 373 g/mol. The number of aromatic nitrogens is 4. The topological polar surface area (TPSA) is 105 Å². The molecule has 4 rings (SSSR count). The van der Waals surface area contributed by atoms with E-state index in [0.717, 1.165) is 12.8 Å². The number of hydrogen-bond acceptors (Lipinski definition) is 7. The summed E-state index contributed by atoms with van der Waals surface area (Å²) in [6.45, 7) is 6.41. The number of amides is 1. The third-order valence-corrected chi connectivity index (χ3v) is 5.89. The highest BCUT2D eigenvalue weighted by atomic mass is 32.1. The predicted octanol–water partition coefficient (Wildman–Crippen LogP) is 2.78. The van der Waals surface area contributed by atoms with Crippen molar-refractivity contribution in [3.8, 4) is 0 Å². The van der Waals surface area contributed by atoms with Crippen LogP contribution in [-0.2, 0) is 0 Å². The number of likely N-dealkylation sites (tertiary alicyclic amines) is 1. The number of rotatable bonds is 3. The van der Waals surface area contributed by atoms with Crippen LogP contribution in [0, 0.1) is 6.92 Å². The molecule has 1 saturated heterocycles. The molecule has 1 amide bonds. The van der Waals surface area contributed by atoms with Gasteiger partial charge in [-0.25, -0.2) is 4.98 Å². The molecule has 1 fully saturated rings. The first-order valence-electron chi connectivity index (χ1n) is 8.58. The zero-order valence-electron chi connectivity index (χ0n) is 14.8. The number of H-pyrrole nitrogens is 1. The average Bonchev–Trinajstić information content (AvgIpc) is 3.32. The third kappa shape index (κ3) is 2.63. The van der Waals surface area contributed by atoms with Crippen LogP contribution in [0.4, 0.5) is 0 Å². The maximum absolute atomic E-state index is 13.2. The molecule has 0 saturated carbocycles. The minimum atomic E-state index is -0.224. The summed E-state index contributed by atoms with van der Waals surface area (Å²) < 4.78 is 5.42. The fraction of sp³-hybridized carbons (Fsp3) is 0.471. The summed E-state index contributed by atoms with van der Waals surface area (Å²) in [5.74, 6) is 1.18. The van der Waals surface area contributed by atoms with Gasteiger partial charge in [0.2, 0.25) is 5.89 Å². The van der Waals surface area contributed by atoms with E-state index in [1.165, 1.54) is 17.7 Å². The molecule has 4 heterocycles. The summed E-state index contributed by atoms with van der Waals surface area (Å²) in [7, 11) is 0. The van der Waals surface area contributed by atoms with Crippen LogP contribution in [-0.4, -0.2) is 37.5 Å². The second kappa shape index (κ2) is 6.31. The molecule has 1 aliphatic heterocycles. The van der Waals surface area contributed by atoms with E-state index in [4.69, 9.17) is 4.52 Å². The first kappa shape index (κ1) is 16.9. The molecule has 0 spiro atoms. The Bertz CT molecular complexity index is 1030. The minimum absolute atomic E-state index is 0.114. The molecule has 0 radical (unpaired) electrons. The van der Waals surface area contributed by atoms with Gasteiger partial charge in [0.1, 0.15) is 10.9 Å². The van der Waals surface area contributed by atoms with Crippen LogP contribution in [0.15, 0.2) is 15.6 Å². The predicted molar refractivity (Wildman–Crippen MR) is 96.4 cm³/mol. The lowest BCUT2D eigenvalue weighted by atomic mass is 10.1. The van der Waals surface area contributed by atoms with E-state index in [1.807, 2.05) is 13.8 Å². The summed E-state index contributed by atoms with van der Waals surface area (Å²) in [5.41, 5.74) is 0.447. The normalized spacial score (nSPS) is 17.5. The summed E-state index contributed by atoms with van der Waals surface area (Å²) in [5, 5.41) is 4.50. The molecular formula is C17H19N5O3S. The van der Waals surface area contributed by atoms with E-state index in [9.17, 15) is 9.59 Å². The fourth-order valence-corrected chi connectivity index (χ4v) is 4.40. The molecule has 0 aliphatic carbocycles. The highest BCUT2D eigenvalue weighted by Gasteiger charge is 2.36. The van der Waals surface area contributed by atoms with Gasteiger partial charge in [-0.15, -0.1) is 11.3 Å². The number of aromatic amines is 1. The van der Waals surface area contributed by atoms with Crippen molar-refractivity contribution in [1.82, 2.24) is 25.0 Å². The molecule has 136 valence electrons. The molecule has 8 nitrogen and oxygen atoms in total. The van der Waals surface area contributed by atoms with Gasteiger partial charge in [0.15, 0.2) is 5.82 Å². The summed E-state index contributed by atoms with van der Waals surface area (Å²) >= 11 is 1.25. The quantitative estimate of drug-likeness (QED) is 0.757. The maximum Gasteiger partial charge on any atom is 0.264 e. The number of carbonyl (C=O) groups excluding carboxylic acids is 1. The minimum Gasteiger partial charge on any atom is -0.337 e. The molecule has 3 aromatic rings. The van der Waals surface area contributed by atoms with Crippen LogP contribution < -0.4 is 5.56 Å². The Labute approximate surface area is 153 Å². The number of nitrogens with zero attached hydrogens (tertiary/aromatic N) is 4. The zero-order valence-corrected chi connectivity index (χ0v) is 15.6. The summed E-state index contributed by atoms with van der Waals surface area (Å²) in [4.78, 5) is 39.3. The van der Waals surface area contributed by atoms with E-state index < -0.39 is 0 Å². The van der Waals surface area contributed by atoms with Gasteiger partial charge in [0.05, 0.1) is 16.6 Å². The number of nitrogens with one attached hydrogen (secondary N) is 1. The summed E-state index contributed by atoms with van der Waals surface area (Å²) in [6, 6.07) is -0.224. The van der Waals surface area contributed by atoms with Gasteiger partial charge in [-0.05, 0) is 25.3 Å². The van der Waals surface area contributed by atoms with Crippen LogP contribution >= 0.6 is 11.3 Å². The molecule has 1 unspecified atom stereocenters. The van der Waals surface area contributed by atoms with E-state index in [0.29, 0.717) is 38.9 Å². The smallest absolute Gasteiger partial charge is 0.264 e. The number of hydrogen-bond donors (Lipinski definition) is 1. The Morgan fingerprint density at radius 1 is 1.46 bits per heavy atom. The Hall–Kier alpha value is -2.55. The fourth-order valence-electron chi connectivity index (χ4n) is 3.30. The number of aryl methyl sites for hydroxylation is 1. The van der Waals surface area contributed by atoms with Crippen LogP contribution in [0.25, 0.3) is 10.2 Å². The van der Waals surface area contributed by atoms with Gasteiger partial charge in [0.25, 0.3) is 11.5 Å². The Balaban J connectivity index is 1.70. The molecule has 3 aromatic heterocycles. The van der Waals surface area contributed by atoms with E-state index >= 15 is 0 Å².